The van der Waals surface area contributed by atoms with Gasteiger partial charge in [0.15, 0.2) is 0 Å². The highest BCUT2D eigenvalue weighted by atomic mass is 14.7. The van der Waals surface area contributed by atoms with E-state index < -0.39 is 0 Å². The van der Waals surface area contributed by atoms with Crippen LogP contribution in [0.4, 0.5) is 0 Å². The molecule has 0 saturated heterocycles. The van der Waals surface area contributed by atoms with Crippen LogP contribution in [-0.2, 0) is 6.42 Å². The first-order valence-electron chi connectivity index (χ1n) is 6.98. The van der Waals surface area contributed by atoms with Gasteiger partial charge in [-0.1, -0.05) is 30.2 Å². The molecule has 0 bridgehead atoms. The van der Waals surface area contributed by atoms with Crippen LogP contribution in [0.3, 0.4) is 0 Å². The van der Waals surface area contributed by atoms with Gasteiger partial charge in [0.25, 0.3) is 0 Å². The zero-order valence-electron chi connectivity index (χ0n) is 10.9. The van der Waals surface area contributed by atoms with Crippen LogP contribution in [0.25, 0.3) is 0 Å². The summed E-state index contributed by atoms with van der Waals surface area (Å²) < 4.78 is 0. The molecule has 92 valence electrons. The van der Waals surface area contributed by atoms with Gasteiger partial charge >= 0.3 is 0 Å². The van der Waals surface area contributed by atoms with Crippen molar-refractivity contribution in [2.24, 2.45) is 23.5 Å². The summed E-state index contributed by atoms with van der Waals surface area (Å²) >= 11 is 0. The van der Waals surface area contributed by atoms with Gasteiger partial charge in [0.1, 0.15) is 0 Å². The van der Waals surface area contributed by atoms with Crippen molar-refractivity contribution < 1.29 is 0 Å². The first-order valence-corrected chi connectivity index (χ1v) is 6.98. The normalized spacial score (nSPS) is 32.3. The molecule has 1 nitrogen and oxygen atoms in total. The highest BCUT2D eigenvalue weighted by molar-refractivity contribution is 5.31. The Balaban J connectivity index is 1.68. The highest BCUT2D eigenvalue weighted by Crippen LogP contribution is 2.58. The summed E-state index contributed by atoms with van der Waals surface area (Å²) in [5.74, 6) is 2.80. The molecular weight excluding hydrogens is 206 g/mol. The molecule has 3 unspecified atom stereocenters. The maximum absolute atomic E-state index is 6.42. The summed E-state index contributed by atoms with van der Waals surface area (Å²) in [6.45, 7) is 4.37. The lowest BCUT2D eigenvalue weighted by Gasteiger charge is -2.15. The van der Waals surface area contributed by atoms with Crippen molar-refractivity contribution in [2.45, 2.75) is 45.6 Å². The van der Waals surface area contributed by atoms with Gasteiger partial charge in [-0.25, -0.2) is 0 Å². The van der Waals surface area contributed by atoms with Crippen molar-refractivity contribution in [2.75, 3.05) is 0 Å². The third-order valence-corrected chi connectivity index (χ3v) is 4.93. The van der Waals surface area contributed by atoms with E-state index in [1.807, 2.05) is 0 Å². The van der Waals surface area contributed by atoms with Crippen LogP contribution >= 0.6 is 0 Å². The van der Waals surface area contributed by atoms with Crippen LogP contribution in [0.1, 0.15) is 36.0 Å². The van der Waals surface area contributed by atoms with Crippen molar-refractivity contribution in [1.82, 2.24) is 0 Å². The average Bonchev–Trinajstić information content (AvgIpc) is 2.78. The summed E-state index contributed by atoms with van der Waals surface area (Å²) in [5.41, 5.74) is 10.6. The van der Waals surface area contributed by atoms with E-state index in [0.29, 0.717) is 6.04 Å². The Labute approximate surface area is 104 Å². The standard InChI is InChI=1S/C16H23N/c1-10-6-7-11(2)12(8-10)9-15(17)16-13-4-3-5-14(13)16/h6-8,13-16H,3-5,9,17H2,1-2H3. The molecule has 1 aromatic carbocycles. The second-order valence-electron chi connectivity index (χ2n) is 6.13. The Morgan fingerprint density at radius 1 is 1.24 bits per heavy atom. The Bertz CT molecular complexity index is 414. The topological polar surface area (TPSA) is 26.0 Å². The van der Waals surface area contributed by atoms with Crippen LogP contribution in [-0.4, -0.2) is 6.04 Å². The van der Waals surface area contributed by atoms with E-state index in [1.165, 1.54) is 36.0 Å². The van der Waals surface area contributed by atoms with Crippen LogP contribution in [0.2, 0.25) is 0 Å². The molecule has 2 N–H and O–H groups in total. The monoisotopic (exact) mass is 229 g/mol. The summed E-state index contributed by atoms with van der Waals surface area (Å²) in [6, 6.07) is 7.13. The lowest BCUT2D eigenvalue weighted by molar-refractivity contribution is 0.483. The van der Waals surface area contributed by atoms with Gasteiger partial charge in [0, 0.05) is 6.04 Å². The fourth-order valence-electron chi connectivity index (χ4n) is 3.92. The summed E-state index contributed by atoms with van der Waals surface area (Å²) in [4.78, 5) is 0. The predicted molar refractivity (Wildman–Crippen MR) is 71.9 cm³/mol. The fraction of sp³-hybridized carbons (Fsp3) is 0.625. The van der Waals surface area contributed by atoms with Gasteiger partial charge < -0.3 is 5.73 Å². The van der Waals surface area contributed by atoms with Crippen molar-refractivity contribution >= 4 is 0 Å². The molecule has 0 aromatic heterocycles. The van der Waals surface area contributed by atoms with E-state index in [9.17, 15) is 0 Å². The maximum Gasteiger partial charge on any atom is 0.0113 e. The summed E-state index contributed by atoms with van der Waals surface area (Å²) in [6.07, 6.45) is 5.40. The summed E-state index contributed by atoms with van der Waals surface area (Å²) in [7, 11) is 0. The number of nitrogens with two attached hydrogens (primary N) is 1. The number of rotatable bonds is 3. The maximum atomic E-state index is 6.42. The van der Waals surface area contributed by atoms with E-state index in [0.717, 1.165) is 24.2 Å². The number of aryl methyl sites for hydroxylation is 2. The number of fused-ring (bicyclic) bond motifs is 1. The second-order valence-corrected chi connectivity index (χ2v) is 6.13. The van der Waals surface area contributed by atoms with Gasteiger partial charge in [-0.2, -0.15) is 0 Å². The molecule has 3 rings (SSSR count). The molecule has 2 saturated carbocycles. The van der Waals surface area contributed by atoms with E-state index in [2.05, 4.69) is 32.0 Å². The summed E-state index contributed by atoms with van der Waals surface area (Å²) in [5, 5.41) is 0. The Hall–Kier alpha value is -0.820. The van der Waals surface area contributed by atoms with Gasteiger partial charge in [-0.3, -0.25) is 0 Å². The van der Waals surface area contributed by atoms with Crippen LogP contribution in [0, 0.1) is 31.6 Å². The van der Waals surface area contributed by atoms with Crippen molar-refractivity contribution in [3.8, 4) is 0 Å². The molecule has 2 aliphatic rings. The third-order valence-electron chi connectivity index (χ3n) is 4.93. The molecule has 1 aromatic rings. The van der Waals surface area contributed by atoms with E-state index in [1.54, 1.807) is 0 Å². The molecular formula is C16H23N. The minimum absolute atomic E-state index is 0.394. The van der Waals surface area contributed by atoms with Crippen LogP contribution in [0.15, 0.2) is 18.2 Å². The van der Waals surface area contributed by atoms with Crippen molar-refractivity contribution in [1.29, 1.82) is 0 Å². The molecule has 17 heavy (non-hydrogen) atoms. The lowest BCUT2D eigenvalue weighted by atomic mass is 9.94. The van der Waals surface area contributed by atoms with E-state index in [4.69, 9.17) is 5.73 Å². The minimum Gasteiger partial charge on any atom is -0.327 e. The number of hydrogen-bond acceptors (Lipinski definition) is 1. The Morgan fingerprint density at radius 2 is 1.94 bits per heavy atom. The number of hydrogen-bond donors (Lipinski definition) is 1. The first kappa shape index (κ1) is 11.3. The van der Waals surface area contributed by atoms with Crippen molar-refractivity contribution in [3.63, 3.8) is 0 Å². The minimum atomic E-state index is 0.394. The quantitative estimate of drug-likeness (QED) is 0.846. The lowest BCUT2D eigenvalue weighted by Crippen LogP contribution is -2.27. The Morgan fingerprint density at radius 3 is 2.65 bits per heavy atom. The Kier molecular flexibility index (Phi) is 2.74. The fourth-order valence-corrected chi connectivity index (χ4v) is 3.92. The zero-order valence-corrected chi connectivity index (χ0v) is 10.9. The van der Waals surface area contributed by atoms with Gasteiger partial charge in [-0.15, -0.1) is 0 Å². The van der Waals surface area contributed by atoms with E-state index in [-0.39, 0.29) is 0 Å². The molecule has 0 spiro atoms. The molecule has 0 amide bonds. The SMILES string of the molecule is Cc1ccc(C)c(CC(N)C2C3CCCC32)c1. The van der Waals surface area contributed by atoms with Crippen LogP contribution < -0.4 is 5.73 Å². The third kappa shape index (κ3) is 2.01. The predicted octanol–water partition coefficient (Wildman–Crippen LogP) is 3.22. The van der Waals surface area contributed by atoms with Crippen molar-refractivity contribution in [3.05, 3.63) is 34.9 Å². The van der Waals surface area contributed by atoms with Crippen LogP contribution in [0.5, 0.6) is 0 Å². The van der Waals surface area contributed by atoms with Gasteiger partial charge in [-0.05, 0) is 62.0 Å². The molecule has 3 atom stereocenters. The van der Waals surface area contributed by atoms with E-state index >= 15 is 0 Å². The highest BCUT2D eigenvalue weighted by Gasteiger charge is 2.54. The van der Waals surface area contributed by atoms with Gasteiger partial charge in [0.05, 0.1) is 0 Å². The number of benzene rings is 1. The smallest absolute Gasteiger partial charge is 0.0113 e. The largest absolute Gasteiger partial charge is 0.327 e. The van der Waals surface area contributed by atoms with Gasteiger partial charge in [0.2, 0.25) is 0 Å². The molecule has 0 radical (unpaired) electrons. The average molecular weight is 229 g/mol. The molecule has 0 heterocycles. The molecule has 2 fully saturated rings. The first-order chi connectivity index (χ1) is 8.16. The molecule has 2 aliphatic carbocycles. The zero-order chi connectivity index (χ0) is 12.0. The second kappa shape index (κ2) is 4.13. The molecule has 0 aliphatic heterocycles. The molecule has 1 heteroatoms.